The van der Waals surface area contributed by atoms with E-state index >= 15 is 0 Å². The largest absolute Gasteiger partial charge is 0.497 e. The molecular formula is C20H18N2O6. The molecule has 0 saturated heterocycles. The summed E-state index contributed by atoms with van der Waals surface area (Å²) in [6.45, 7) is -0.527. The molecule has 144 valence electrons. The highest BCUT2D eigenvalue weighted by molar-refractivity contribution is 6.04. The standard InChI is InChI=1S/C20H18N2O6/c1-26-12-7-8-17(27-2)16(9-12)22-19(24)11-28-20(25)14-10-18(23)21-15-6-4-3-5-13(14)15/h3-10H,11H2,1-2H3,(H,21,23)(H,22,24). The third kappa shape index (κ3) is 4.12. The molecule has 8 heteroatoms. The van der Waals surface area contributed by atoms with Crippen LogP contribution in [0.4, 0.5) is 5.69 Å². The molecule has 1 amide bonds. The Labute approximate surface area is 160 Å². The number of hydrogen-bond acceptors (Lipinski definition) is 6. The molecule has 28 heavy (non-hydrogen) atoms. The fraction of sp³-hybridized carbons (Fsp3) is 0.150. The van der Waals surface area contributed by atoms with Gasteiger partial charge in [-0.15, -0.1) is 0 Å². The molecule has 0 saturated carbocycles. The van der Waals surface area contributed by atoms with E-state index in [1.165, 1.54) is 14.2 Å². The SMILES string of the molecule is COc1ccc(OC)c(NC(=O)COC(=O)c2cc(=O)[nH]c3ccccc23)c1. The number of ether oxygens (including phenoxy) is 3. The predicted octanol–water partition coefficient (Wildman–Crippen LogP) is 2.34. The van der Waals surface area contributed by atoms with Crippen molar-refractivity contribution in [2.75, 3.05) is 26.1 Å². The average Bonchev–Trinajstić information content (AvgIpc) is 2.71. The summed E-state index contributed by atoms with van der Waals surface area (Å²) in [6.07, 6.45) is 0. The lowest BCUT2D eigenvalue weighted by molar-refractivity contribution is -0.119. The number of H-pyrrole nitrogens is 1. The zero-order valence-electron chi connectivity index (χ0n) is 15.3. The lowest BCUT2D eigenvalue weighted by Gasteiger charge is -2.12. The average molecular weight is 382 g/mol. The highest BCUT2D eigenvalue weighted by Gasteiger charge is 2.16. The molecule has 3 aromatic rings. The first-order valence-electron chi connectivity index (χ1n) is 8.33. The van der Waals surface area contributed by atoms with Gasteiger partial charge in [0.25, 0.3) is 5.91 Å². The Hall–Kier alpha value is -3.81. The normalized spacial score (nSPS) is 10.4. The van der Waals surface area contributed by atoms with Gasteiger partial charge >= 0.3 is 5.97 Å². The summed E-state index contributed by atoms with van der Waals surface area (Å²) < 4.78 is 15.4. The summed E-state index contributed by atoms with van der Waals surface area (Å²) in [7, 11) is 2.97. The van der Waals surface area contributed by atoms with Crippen molar-refractivity contribution in [2.45, 2.75) is 0 Å². The number of nitrogens with one attached hydrogen (secondary N) is 2. The molecule has 0 aliphatic carbocycles. The number of esters is 1. The first-order chi connectivity index (χ1) is 13.5. The van der Waals surface area contributed by atoms with Gasteiger partial charge in [0.1, 0.15) is 11.5 Å². The number of carbonyl (C=O) groups excluding carboxylic acids is 2. The van der Waals surface area contributed by atoms with Crippen LogP contribution in [0.15, 0.2) is 53.3 Å². The molecule has 2 N–H and O–H groups in total. The molecule has 0 bridgehead atoms. The predicted molar refractivity (Wildman–Crippen MR) is 103 cm³/mol. The molecule has 1 heterocycles. The highest BCUT2D eigenvalue weighted by atomic mass is 16.5. The Kier molecular flexibility index (Phi) is 5.59. The smallest absolute Gasteiger partial charge is 0.339 e. The summed E-state index contributed by atoms with van der Waals surface area (Å²) >= 11 is 0. The number of methoxy groups -OCH3 is 2. The highest BCUT2D eigenvalue weighted by Crippen LogP contribution is 2.28. The van der Waals surface area contributed by atoms with Crippen LogP contribution in [0.25, 0.3) is 10.9 Å². The molecule has 0 spiro atoms. The topological polar surface area (TPSA) is 107 Å². The maximum atomic E-state index is 12.4. The minimum Gasteiger partial charge on any atom is -0.497 e. The van der Waals surface area contributed by atoms with E-state index in [4.69, 9.17) is 14.2 Å². The van der Waals surface area contributed by atoms with Crippen LogP contribution >= 0.6 is 0 Å². The summed E-state index contributed by atoms with van der Waals surface area (Å²) in [6, 6.07) is 12.9. The van der Waals surface area contributed by atoms with Crippen molar-refractivity contribution in [3.05, 3.63) is 64.4 Å². The summed E-state index contributed by atoms with van der Waals surface area (Å²) in [4.78, 5) is 39.0. The first kappa shape index (κ1) is 19.0. The Morgan fingerprint density at radius 1 is 1.04 bits per heavy atom. The molecule has 0 radical (unpaired) electrons. The van der Waals surface area contributed by atoms with Crippen molar-refractivity contribution in [1.82, 2.24) is 4.98 Å². The molecule has 0 aliphatic heterocycles. The number of benzene rings is 2. The molecule has 0 fully saturated rings. The van der Waals surface area contributed by atoms with Gasteiger partial charge in [0.15, 0.2) is 6.61 Å². The third-order valence-electron chi connectivity index (χ3n) is 3.99. The van der Waals surface area contributed by atoms with Crippen LogP contribution in [0, 0.1) is 0 Å². The van der Waals surface area contributed by atoms with Gasteiger partial charge in [-0.25, -0.2) is 4.79 Å². The number of fused-ring (bicyclic) bond motifs is 1. The zero-order chi connectivity index (χ0) is 20.1. The van der Waals surface area contributed by atoms with Crippen molar-refractivity contribution in [1.29, 1.82) is 0 Å². The van der Waals surface area contributed by atoms with Gasteiger partial charge in [0.05, 0.1) is 25.5 Å². The quantitative estimate of drug-likeness (QED) is 0.634. The van der Waals surface area contributed by atoms with Crippen molar-refractivity contribution < 1.29 is 23.8 Å². The molecule has 0 aliphatic rings. The Morgan fingerprint density at radius 3 is 2.57 bits per heavy atom. The molecule has 2 aromatic carbocycles. The lowest BCUT2D eigenvalue weighted by atomic mass is 10.1. The summed E-state index contributed by atoms with van der Waals surface area (Å²) in [5.41, 5.74) is 0.541. The molecule has 8 nitrogen and oxygen atoms in total. The van der Waals surface area contributed by atoms with Gasteiger partial charge in [-0.1, -0.05) is 18.2 Å². The number of aromatic amines is 1. The van der Waals surface area contributed by atoms with Crippen LogP contribution in [0.5, 0.6) is 11.5 Å². The molecule has 0 unspecified atom stereocenters. The molecule has 1 aromatic heterocycles. The van der Waals surface area contributed by atoms with Crippen molar-refractivity contribution in [2.24, 2.45) is 0 Å². The summed E-state index contributed by atoms with van der Waals surface area (Å²) in [5.74, 6) is -0.367. The molecule has 0 atom stereocenters. The number of rotatable bonds is 6. The maximum Gasteiger partial charge on any atom is 0.339 e. The third-order valence-corrected chi connectivity index (χ3v) is 3.99. The van der Waals surface area contributed by atoms with Gasteiger partial charge < -0.3 is 24.5 Å². The van der Waals surface area contributed by atoms with E-state index in [-0.39, 0.29) is 5.56 Å². The number of carbonyl (C=O) groups is 2. The monoisotopic (exact) mass is 382 g/mol. The van der Waals surface area contributed by atoms with Crippen LogP contribution in [0.1, 0.15) is 10.4 Å². The fourth-order valence-corrected chi connectivity index (χ4v) is 2.68. The van der Waals surface area contributed by atoms with Gasteiger partial charge in [-0.3, -0.25) is 9.59 Å². The summed E-state index contributed by atoms with van der Waals surface area (Å²) in [5, 5.41) is 3.13. The number of amides is 1. The van der Waals surface area contributed by atoms with E-state index in [0.29, 0.717) is 28.1 Å². The Morgan fingerprint density at radius 2 is 1.82 bits per heavy atom. The van der Waals surface area contributed by atoms with E-state index in [9.17, 15) is 14.4 Å². The fourth-order valence-electron chi connectivity index (χ4n) is 2.68. The minimum absolute atomic E-state index is 0.0890. The first-order valence-corrected chi connectivity index (χ1v) is 8.33. The second-order valence-corrected chi connectivity index (χ2v) is 5.78. The number of hydrogen-bond donors (Lipinski definition) is 2. The van der Waals surface area contributed by atoms with E-state index < -0.39 is 24.0 Å². The molecule has 3 rings (SSSR count). The van der Waals surface area contributed by atoms with Crippen LogP contribution < -0.4 is 20.3 Å². The van der Waals surface area contributed by atoms with E-state index in [0.717, 1.165) is 6.07 Å². The van der Waals surface area contributed by atoms with Crippen molar-refractivity contribution in [3.8, 4) is 11.5 Å². The van der Waals surface area contributed by atoms with E-state index in [1.807, 2.05) is 0 Å². The number of anilines is 1. The van der Waals surface area contributed by atoms with Crippen LogP contribution in [0.2, 0.25) is 0 Å². The van der Waals surface area contributed by atoms with E-state index in [2.05, 4.69) is 10.3 Å². The Bertz CT molecular complexity index is 1090. The number of aromatic nitrogens is 1. The van der Waals surface area contributed by atoms with Gasteiger partial charge in [-0.05, 0) is 18.2 Å². The Balaban J connectivity index is 1.72. The van der Waals surface area contributed by atoms with Crippen LogP contribution in [0.3, 0.4) is 0 Å². The van der Waals surface area contributed by atoms with Gasteiger partial charge in [0.2, 0.25) is 5.56 Å². The van der Waals surface area contributed by atoms with Crippen molar-refractivity contribution in [3.63, 3.8) is 0 Å². The van der Waals surface area contributed by atoms with Gasteiger partial charge in [-0.2, -0.15) is 0 Å². The lowest BCUT2D eigenvalue weighted by Crippen LogP contribution is -2.22. The minimum atomic E-state index is -0.768. The number of para-hydroxylation sites is 1. The second kappa shape index (κ2) is 8.26. The van der Waals surface area contributed by atoms with Crippen molar-refractivity contribution >= 4 is 28.5 Å². The van der Waals surface area contributed by atoms with Gasteiger partial charge in [0, 0.05) is 23.0 Å². The zero-order valence-corrected chi connectivity index (χ0v) is 15.3. The second-order valence-electron chi connectivity index (χ2n) is 5.78. The van der Waals surface area contributed by atoms with Crippen LogP contribution in [-0.4, -0.2) is 37.7 Å². The number of pyridine rings is 1. The maximum absolute atomic E-state index is 12.4. The van der Waals surface area contributed by atoms with E-state index in [1.54, 1.807) is 42.5 Å². The molecular weight excluding hydrogens is 364 g/mol. The van der Waals surface area contributed by atoms with Crippen LogP contribution in [-0.2, 0) is 9.53 Å².